The van der Waals surface area contributed by atoms with Gasteiger partial charge in [-0.15, -0.1) is 0 Å². The Morgan fingerprint density at radius 2 is 1.29 bits per heavy atom. The van der Waals surface area contributed by atoms with E-state index in [9.17, 15) is 9.59 Å². The van der Waals surface area contributed by atoms with Crippen LogP contribution in [0, 0.1) is 0 Å². The third kappa shape index (κ3) is 5.21. The number of fused-ring (bicyclic) bond motifs is 2. The monoisotopic (exact) mass is 472 g/mol. The molecule has 2 heterocycles. The lowest BCUT2D eigenvalue weighted by atomic mass is 9.97. The molecule has 184 valence electrons. The van der Waals surface area contributed by atoms with Crippen molar-refractivity contribution in [1.29, 1.82) is 0 Å². The molecule has 0 saturated heterocycles. The third-order valence-electron chi connectivity index (χ3n) is 5.61. The molecule has 2 aliphatic heterocycles. The number of ether oxygens (including phenoxy) is 6. The molecule has 4 rings (SSSR count). The minimum atomic E-state index is -0.389. The van der Waals surface area contributed by atoms with Crippen LogP contribution in [0.5, 0.6) is 23.0 Å². The number of benzene rings is 2. The molecule has 34 heavy (non-hydrogen) atoms. The highest BCUT2D eigenvalue weighted by molar-refractivity contribution is 5.93. The molecule has 0 amide bonds. The highest BCUT2D eigenvalue weighted by Crippen LogP contribution is 2.42. The summed E-state index contributed by atoms with van der Waals surface area (Å²) < 4.78 is 31.5. The van der Waals surface area contributed by atoms with Crippen molar-refractivity contribution >= 4 is 11.9 Å². The van der Waals surface area contributed by atoms with Gasteiger partial charge >= 0.3 is 11.9 Å². The molecule has 0 atom stereocenters. The molecule has 0 aliphatic carbocycles. The van der Waals surface area contributed by atoms with Crippen LogP contribution in [0.15, 0.2) is 24.3 Å². The zero-order valence-corrected chi connectivity index (χ0v) is 21.0. The number of carbonyl (C=O) groups is 2. The second-order valence-electron chi connectivity index (χ2n) is 9.37. The van der Waals surface area contributed by atoms with E-state index in [4.69, 9.17) is 28.4 Å². The van der Waals surface area contributed by atoms with Gasteiger partial charge in [-0.1, -0.05) is 0 Å². The highest BCUT2D eigenvalue weighted by Gasteiger charge is 2.35. The van der Waals surface area contributed by atoms with Crippen molar-refractivity contribution in [2.75, 3.05) is 28.4 Å². The molecule has 0 N–H and O–H groups in total. The van der Waals surface area contributed by atoms with Crippen molar-refractivity contribution in [2.24, 2.45) is 0 Å². The molecule has 2 aromatic rings. The predicted molar refractivity (Wildman–Crippen MR) is 125 cm³/mol. The van der Waals surface area contributed by atoms with Gasteiger partial charge in [-0.05, 0) is 45.9 Å². The molecule has 0 bridgehead atoms. The second-order valence-corrected chi connectivity index (χ2v) is 9.37. The predicted octanol–water partition coefficient (Wildman–Crippen LogP) is 4.39. The lowest BCUT2D eigenvalue weighted by molar-refractivity contribution is 0.0590. The highest BCUT2D eigenvalue weighted by atomic mass is 16.5. The number of hydrogen-bond acceptors (Lipinski definition) is 8. The number of rotatable bonds is 4. The molecule has 2 aromatic carbocycles. The average Bonchev–Trinajstić information content (AvgIpc) is 3.29. The molecular weight excluding hydrogens is 440 g/mol. The van der Waals surface area contributed by atoms with Crippen LogP contribution in [-0.2, 0) is 22.3 Å². The zero-order chi connectivity index (χ0) is 25.3. The molecule has 0 aromatic heterocycles. The largest absolute Gasteiger partial charge is 0.497 e. The average molecular weight is 473 g/mol. The quantitative estimate of drug-likeness (QED) is 0.606. The van der Waals surface area contributed by atoms with Crippen molar-refractivity contribution in [3.05, 3.63) is 46.5 Å². The van der Waals surface area contributed by atoms with E-state index in [0.717, 1.165) is 17.5 Å². The Hall–Kier alpha value is -3.42. The Bertz CT molecular complexity index is 1100. The summed E-state index contributed by atoms with van der Waals surface area (Å²) in [6, 6.07) is 6.89. The summed E-state index contributed by atoms with van der Waals surface area (Å²) >= 11 is 0. The van der Waals surface area contributed by atoms with Crippen molar-refractivity contribution in [3.63, 3.8) is 0 Å². The van der Waals surface area contributed by atoms with Crippen LogP contribution >= 0.6 is 0 Å². The first-order valence-corrected chi connectivity index (χ1v) is 10.9. The van der Waals surface area contributed by atoms with Gasteiger partial charge in [-0.25, -0.2) is 9.59 Å². The molecule has 0 unspecified atom stereocenters. The van der Waals surface area contributed by atoms with Crippen LogP contribution in [0.2, 0.25) is 0 Å². The molecule has 0 fully saturated rings. The van der Waals surface area contributed by atoms with Gasteiger partial charge in [0.25, 0.3) is 0 Å². The molecule has 8 nitrogen and oxygen atoms in total. The van der Waals surface area contributed by atoms with Gasteiger partial charge < -0.3 is 28.4 Å². The fourth-order valence-corrected chi connectivity index (χ4v) is 4.13. The fraction of sp³-hybridized carbons (Fsp3) is 0.462. The van der Waals surface area contributed by atoms with Crippen LogP contribution < -0.4 is 18.9 Å². The number of methoxy groups -OCH3 is 4. The Morgan fingerprint density at radius 1 is 0.735 bits per heavy atom. The van der Waals surface area contributed by atoms with Crippen LogP contribution in [0.25, 0.3) is 0 Å². The van der Waals surface area contributed by atoms with Gasteiger partial charge in [0.1, 0.15) is 34.2 Å². The summed E-state index contributed by atoms with van der Waals surface area (Å²) in [6.07, 6.45) is 1.46. The summed E-state index contributed by atoms with van der Waals surface area (Å²) in [7, 11) is 5.87. The van der Waals surface area contributed by atoms with Crippen LogP contribution in [0.4, 0.5) is 0 Å². The lowest BCUT2D eigenvalue weighted by Crippen LogP contribution is -2.25. The normalized spacial score (nSPS) is 16.0. The van der Waals surface area contributed by atoms with Crippen molar-refractivity contribution in [2.45, 2.75) is 51.7 Å². The van der Waals surface area contributed by atoms with E-state index in [1.807, 2.05) is 27.7 Å². The Balaban J connectivity index is 0.000000191. The second kappa shape index (κ2) is 9.44. The number of carbonyl (C=O) groups excluding carboxylic acids is 2. The Labute approximate surface area is 200 Å². The fourth-order valence-electron chi connectivity index (χ4n) is 4.13. The van der Waals surface area contributed by atoms with E-state index in [1.165, 1.54) is 14.2 Å². The van der Waals surface area contributed by atoms with E-state index in [-0.39, 0.29) is 23.1 Å². The van der Waals surface area contributed by atoms with Gasteiger partial charge in [-0.3, -0.25) is 0 Å². The van der Waals surface area contributed by atoms with Crippen molar-refractivity contribution in [1.82, 2.24) is 0 Å². The van der Waals surface area contributed by atoms with E-state index in [2.05, 4.69) is 0 Å². The maximum atomic E-state index is 11.7. The summed E-state index contributed by atoms with van der Waals surface area (Å²) in [4.78, 5) is 23.2. The maximum absolute atomic E-state index is 11.7. The molecule has 8 heteroatoms. The summed E-state index contributed by atoms with van der Waals surface area (Å²) in [5, 5.41) is 0. The smallest absolute Gasteiger partial charge is 0.338 e. The first-order valence-electron chi connectivity index (χ1n) is 10.9. The van der Waals surface area contributed by atoms with Crippen molar-refractivity contribution in [3.8, 4) is 23.0 Å². The van der Waals surface area contributed by atoms with Gasteiger partial charge in [0.15, 0.2) is 0 Å². The van der Waals surface area contributed by atoms with E-state index >= 15 is 0 Å². The molecule has 2 aliphatic rings. The van der Waals surface area contributed by atoms with E-state index in [1.54, 1.807) is 38.5 Å². The summed E-state index contributed by atoms with van der Waals surface area (Å²) in [6.45, 7) is 7.98. The summed E-state index contributed by atoms with van der Waals surface area (Å²) in [5.41, 5.74) is 2.31. The number of esters is 2. The third-order valence-corrected chi connectivity index (χ3v) is 5.61. The SMILES string of the molecule is COC(=O)c1cc(OC)c2c(c1)OC(C)(C)C2.COC(=O)c1cc(OC)cc2c1CC(C)(C)O2. The van der Waals surface area contributed by atoms with Crippen LogP contribution in [0.1, 0.15) is 59.5 Å². The van der Waals surface area contributed by atoms with Crippen molar-refractivity contribution < 1.29 is 38.0 Å². The first-order chi connectivity index (χ1) is 15.9. The standard InChI is InChI=1S/2C13H16O4/c1-13(2)7-9-10(15-3)5-8(12(14)16-4)6-11(9)17-13;1-13(2)7-10-9(12(14)16-4)5-8(15-3)6-11(10)17-13/h2*5-6H,7H2,1-4H3. The molecule has 0 radical (unpaired) electrons. The van der Waals surface area contributed by atoms with Gasteiger partial charge in [0.05, 0.1) is 39.6 Å². The minimum absolute atomic E-state index is 0.260. The minimum Gasteiger partial charge on any atom is -0.497 e. The van der Waals surface area contributed by atoms with Gasteiger partial charge in [-0.2, -0.15) is 0 Å². The summed E-state index contributed by atoms with van der Waals surface area (Å²) in [5.74, 6) is 1.93. The van der Waals surface area contributed by atoms with Crippen LogP contribution in [0.3, 0.4) is 0 Å². The van der Waals surface area contributed by atoms with E-state index < -0.39 is 0 Å². The zero-order valence-electron chi connectivity index (χ0n) is 21.0. The van der Waals surface area contributed by atoms with Crippen LogP contribution in [-0.4, -0.2) is 51.6 Å². The van der Waals surface area contributed by atoms with Gasteiger partial charge in [0.2, 0.25) is 0 Å². The Morgan fingerprint density at radius 3 is 1.82 bits per heavy atom. The molecule has 0 saturated carbocycles. The van der Waals surface area contributed by atoms with E-state index in [0.29, 0.717) is 40.5 Å². The molecule has 0 spiro atoms. The lowest BCUT2D eigenvalue weighted by Gasteiger charge is -2.16. The maximum Gasteiger partial charge on any atom is 0.338 e. The topological polar surface area (TPSA) is 89.5 Å². The van der Waals surface area contributed by atoms with Gasteiger partial charge in [0, 0.05) is 30.0 Å². The first kappa shape index (κ1) is 25.2. The Kier molecular flexibility index (Phi) is 7.00. The number of hydrogen-bond donors (Lipinski definition) is 0. The molecular formula is C26H32O8.